The number of hydrogen-bond donors (Lipinski definition) is 3. The Hall–Kier alpha value is -3.20. The van der Waals surface area contributed by atoms with Crippen molar-refractivity contribution in [1.82, 2.24) is 25.6 Å². The third-order valence-corrected chi connectivity index (χ3v) is 5.51. The molecule has 2 aromatic heterocycles. The molecule has 3 N–H and O–H groups in total. The van der Waals surface area contributed by atoms with E-state index in [1.807, 2.05) is 12.1 Å². The predicted octanol–water partition coefficient (Wildman–Crippen LogP) is 2.97. The van der Waals surface area contributed by atoms with Gasteiger partial charge in [0.15, 0.2) is 0 Å². The second-order valence-corrected chi connectivity index (χ2v) is 7.35. The summed E-state index contributed by atoms with van der Waals surface area (Å²) in [5, 5.41) is 26.9. The quantitative estimate of drug-likeness (QED) is 0.510. The number of ether oxygens (including phenoxy) is 2. The van der Waals surface area contributed by atoms with Gasteiger partial charge in [0.05, 0.1) is 18.9 Å². The van der Waals surface area contributed by atoms with Crippen LogP contribution in [0.1, 0.15) is 60.1 Å². The van der Waals surface area contributed by atoms with Crippen molar-refractivity contribution in [3.05, 3.63) is 47.3 Å². The number of carbonyl (C=O) groups is 1. The molecule has 1 aliphatic rings. The highest BCUT2D eigenvalue weighted by molar-refractivity contribution is 5.89. The van der Waals surface area contributed by atoms with Gasteiger partial charge in [0, 0.05) is 11.8 Å². The van der Waals surface area contributed by atoms with Crippen molar-refractivity contribution < 1.29 is 19.4 Å². The SMILES string of the molecule is CCOC(=O)c1[nH]nnc1O[C@H]1CC[C@H](c2ccc(-c3ccn[nH]3)c(CO)c2)CC1. The maximum absolute atomic E-state index is 11.9. The van der Waals surface area contributed by atoms with Gasteiger partial charge in [0.2, 0.25) is 5.69 Å². The summed E-state index contributed by atoms with van der Waals surface area (Å²) in [5.74, 6) is 0.0799. The zero-order valence-corrected chi connectivity index (χ0v) is 16.8. The molecule has 1 aromatic carbocycles. The highest BCUT2D eigenvalue weighted by atomic mass is 16.5. The Morgan fingerprint density at radius 2 is 2.03 bits per heavy atom. The summed E-state index contributed by atoms with van der Waals surface area (Å²) in [6.45, 7) is 1.99. The van der Waals surface area contributed by atoms with Gasteiger partial charge in [-0.25, -0.2) is 9.89 Å². The maximum Gasteiger partial charge on any atom is 0.362 e. The molecule has 0 aliphatic heterocycles. The Morgan fingerprint density at radius 1 is 1.20 bits per heavy atom. The van der Waals surface area contributed by atoms with Crippen molar-refractivity contribution in [3.63, 3.8) is 0 Å². The van der Waals surface area contributed by atoms with Crippen LogP contribution in [0.15, 0.2) is 30.5 Å². The summed E-state index contributed by atoms with van der Waals surface area (Å²) >= 11 is 0. The fourth-order valence-corrected chi connectivity index (χ4v) is 3.98. The number of H-pyrrole nitrogens is 2. The van der Waals surface area contributed by atoms with Gasteiger partial charge >= 0.3 is 5.97 Å². The van der Waals surface area contributed by atoms with Gasteiger partial charge in [-0.3, -0.25) is 5.10 Å². The maximum atomic E-state index is 11.9. The molecule has 0 atom stereocenters. The van der Waals surface area contributed by atoms with Crippen LogP contribution in [0.25, 0.3) is 11.3 Å². The molecule has 0 unspecified atom stereocenters. The number of esters is 1. The first kappa shape index (κ1) is 20.1. The zero-order valence-electron chi connectivity index (χ0n) is 16.8. The fourth-order valence-electron chi connectivity index (χ4n) is 3.98. The number of benzene rings is 1. The molecule has 1 aliphatic carbocycles. The number of nitrogens with one attached hydrogen (secondary N) is 2. The van der Waals surface area contributed by atoms with E-state index >= 15 is 0 Å². The minimum atomic E-state index is -0.514. The van der Waals surface area contributed by atoms with Gasteiger partial charge in [-0.05, 0) is 55.7 Å². The highest BCUT2D eigenvalue weighted by Gasteiger charge is 2.27. The molecule has 2 heterocycles. The van der Waals surface area contributed by atoms with Crippen LogP contribution in [0.2, 0.25) is 0 Å². The Labute approximate surface area is 173 Å². The molecule has 0 amide bonds. The van der Waals surface area contributed by atoms with Crippen LogP contribution < -0.4 is 4.74 Å². The fraction of sp³-hybridized carbons (Fsp3) is 0.429. The minimum absolute atomic E-state index is 0.0244. The van der Waals surface area contributed by atoms with E-state index in [0.717, 1.165) is 42.5 Å². The van der Waals surface area contributed by atoms with Crippen molar-refractivity contribution in [3.8, 4) is 17.1 Å². The van der Waals surface area contributed by atoms with E-state index < -0.39 is 5.97 Å². The molecule has 3 aromatic rings. The van der Waals surface area contributed by atoms with Gasteiger partial charge < -0.3 is 14.6 Å². The highest BCUT2D eigenvalue weighted by Crippen LogP contribution is 2.36. The van der Waals surface area contributed by atoms with E-state index in [1.54, 1.807) is 13.1 Å². The summed E-state index contributed by atoms with van der Waals surface area (Å²) in [5.41, 5.74) is 4.12. The number of aromatic amines is 2. The molecular formula is C21H25N5O4. The van der Waals surface area contributed by atoms with Crippen LogP contribution in [0.5, 0.6) is 5.88 Å². The van der Waals surface area contributed by atoms with E-state index in [0.29, 0.717) is 5.92 Å². The first-order valence-corrected chi connectivity index (χ1v) is 10.2. The summed E-state index contributed by atoms with van der Waals surface area (Å²) in [7, 11) is 0. The molecule has 4 rings (SSSR count). The number of rotatable bonds is 7. The predicted molar refractivity (Wildman–Crippen MR) is 108 cm³/mol. The summed E-state index contributed by atoms with van der Waals surface area (Å²) in [4.78, 5) is 11.9. The average Bonchev–Trinajstić information content (AvgIpc) is 3.46. The van der Waals surface area contributed by atoms with E-state index in [2.05, 4.69) is 37.7 Å². The number of nitrogens with zero attached hydrogens (tertiary/aromatic N) is 3. The lowest BCUT2D eigenvalue weighted by atomic mass is 9.81. The molecule has 0 saturated heterocycles. The zero-order chi connectivity index (χ0) is 20.9. The van der Waals surface area contributed by atoms with Gasteiger partial charge in [-0.1, -0.05) is 28.5 Å². The molecule has 0 spiro atoms. The molecule has 158 valence electrons. The standard InChI is InChI=1S/C21H25N5O4/c1-2-29-21(28)19-20(25-26-24-19)30-16-6-3-13(4-7-16)14-5-8-17(15(11-14)12-27)18-9-10-22-23-18/h5,8-11,13,16,27H,2-4,6-7,12H2,1H3,(H,22,23)(H,24,25,26)/t13-,16-. The van der Waals surface area contributed by atoms with Gasteiger partial charge in [-0.15, -0.1) is 0 Å². The van der Waals surface area contributed by atoms with E-state index in [1.165, 1.54) is 5.56 Å². The largest absolute Gasteiger partial charge is 0.472 e. The number of hydrogen-bond acceptors (Lipinski definition) is 7. The third kappa shape index (κ3) is 4.20. The lowest BCUT2D eigenvalue weighted by Crippen LogP contribution is -2.24. The first-order valence-electron chi connectivity index (χ1n) is 10.2. The minimum Gasteiger partial charge on any atom is -0.472 e. The van der Waals surface area contributed by atoms with E-state index in [9.17, 15) is 9.90 Å². The van der Waals surface area contributed by atoms with Crippen LogP contribution in [-0.4, -0.2) is 49.4 Å². The molecular weight excluding hydrogens is 386 g/mol. The van der Waals surface area contributed by atoms with Crippen molar-refractivity contribution in [2.24, 2.45) is 0 Å². The van der Waals surface area contributed by atoms with Gasteiger partial charge in [-0.2, -0.15) is 5.10 Å². The molecule has 1 saturated carbocycles. The summed E-state index contributed by atoms with van der Waals surface area (Å²) in [6, 6.07) is 8.14. The average molecular weight is 411 g/mol. The summed E-state index contributed by atoms with van der Waals surface area (Å²) < 4.78 is 10.9. The van der Waals surface area contributed by atoms with Crippen molar-refractivity contribution in [2.75, 3.05) is 6.61 Å². The monoisotopic (exact) mass is 411 g/mol. The Kier molecular flexibility index (Phi) is 6.08. The Balaban J connectivity index is 1.39. The van der Waals surface area contributed by atoms with Gasteiger partial charge in [0.1, 0.15) is 6.10 Å². The second-order valence-electron chi connectivity index (χ2n) is 7.35. The molecule has 30 heavy (non-hydrogen) atoms. The van der Waals surface area contributed by atoms with E-state index in [-0.39, 0.29) is 30.9 Å². The normalized spacial score (nSPS) is 18.9. The molecule has 0 radical (unpaired) electrons. The third-order valence-electron chi connectivity index (χ3n) is 5.51. The second kappa shape index (κ2) is 9.08. The lowest BCUT2D eigenvalue weighted by Gasteiger charge is -2.29. The summed E-state index contributed by atoms with van der Waals surface area (Å²) in [6.07, 6.45) is 5.26. The molecule has 9 heteroatoms. The van der Waals surface area contributed by atoms with Gasteiger partial charge in [0.25, 0.3) is 5.88 Å². The van der Waals surface area contributed by atoms with E-state index in [4.69, 9.17) is 9.47 Å². The van der Waals surface area contributed by atoms with Crippen LogP contribution in [-0.2, 0) is 11.3 Å². The molecule has 1 fully saturated rings. The number of carbonyl (C=O) groups excluding carboxylic acids is 1. The van der Waals surface area contributed by atoms with Crippen molar-refractivity contribution in [1.29, 1.82) is 0 Å². The topological polar surface area (TPSA) is 126 Å². The van der Waals surface area contributed by atoms with Crippen molar-refractivity contribution >= 4 is 5.97 Å². The van der Waals surface area contributed by atoms with Crippen LogP contribution >= 0.6 is 0 Å². The Morgan fingerprint density at radius 3 is 2.73 bits per heavy atom. The Bertz CT molecular complexity index is 977. The number of aliphatic hydroxyl groups is 1. The van der Waals surface area contributed by atoms with Crippen LogP contribution in [0, 0.1) is 0 Å². The molecule has 0 bridgehead atoms. The number of aromatic nitrogens is 5. The number of aliphatic hydroxyl groups excluding tert-OH is 1. The molecule has 9 nitrogen and oxygen atoms in total. The van der Waals surface area contributed by atoms with Crippen LogP contribution in [0.4, 0.5) is 0 Å². The smallest absolute Gasteiger partial charge is 0.362 e. The van der Waals surface area contributed by atoms with Crippen LogP contribution in [0.3, 0.4) is 0 Å². The lowest BCUT2D eigenvalue weighted by molar-refractivity contribution is 0.0508. The van der Waals surface area contributed by atoms with Crippen molar-refractivity contribution in [2.45, 2.75) is 51.2 Å². The first-order chi connectivity index (χ1) is 14.7.